The zero-order valence-electron chi connectivity index (χ0n) is 17.3. The van der Waals surface area contributed by atoms with E-state index in [1.165, 1.54) is 5.56 Å². The van der Waals surface area contributed by atoms with Crippen molar-refractivity contribution in [3.05, 3.63) is 59.2 Å². The average molecular weight is 380 g/mol. The van der Waals surface area contributed by atoms with E-state index in [2.05, 4.69) is 18.3 Å². The number of hydrogen-bond acceptors (Lipinski definition) is 3. The maximum atomic E-state index is 13.2. The van der Waals surface area contributed by atoms with Crippen LogP contribution in [0.5, 0.6) is 0 Å². The number of amides is 2. The van der Waals surface area contributed by atoms with Crippen molar-refractivity contribution in [3.8, 4) is 0 Å². The predicted octanol–water partition coefficient (Wildman–Crippen LogP) is 3.54. The van der Waals surface area contributed by atoms with Gasteiger partial charge in [-0.15, -0.1) is 0 Å². The summed E-state index contributed by atoms with van der Waals surface area (Å²) in [6.07, 6.45) is 0.866. The number of carbonyl (C=O) groups excluding carboxylic acids is 2. The Balaban J connectivity index is 1.66. The van der Waals surface area contributed by atoms with Gasteiger partial charge in [-0.25, -0.2) is 0 Å². The molecule has 2 atom stereocenters. The maximum Gasteiger partial charge on any atom is 0.244 e. The zero-order valence-corrected chi connectivity index (χ0v) is 17.3. The van der Waals surface area contributed by atoms with Crippen molar-refractivity contribution < 1.29 is 9.59 Å². The average Bonchev–Trinajstić information content (AvgIpc) is 2.99. The molecular weight excluding hydrogens is 350 g/mol. The van der Waals surface area contributed by atoms with Gasteiger partial charge in [-0.05, 0) is 63.9 Å². The molecule has 5 heteroatoms. The number of fused-ring (bicyclic) bond motifs is 1. The van der Waals surface area contributed by atoms with Crippen molar-refractivity contribution in [3.63, 3.8) is 0 Å². The minimum atomic E-state index is -0.391. The molecule has 0 spiro atoms. The Morgan fingerprint density at radius 2 is 1.79 bits per heavy atom. The number of anilines is 2. The van der Waals surface area contributed by atoms with Crippen LogP contribution >= 0.6 is 0 Å². The molecule has 5 nitrogen and oxygen atoms in total. The van der Waals surface area contributed by atoms with E-state index in [4.69, 9.17) is 0 Å². The molecular formula is C23H29N3O2. The Labute approximate surface area is 167 Å². The second-order valence-electron chi connectivity index (χ2n) is 7.80. The van der Waals surface area contributed by atoms with Crippen LogP contribution in [0.2, 0.25) is 0 Å². The van der Waals surface area contributed by atoms with E-state index in [9.17, 15) is 9.59 Å². The first-order chi connectivity index (χ1) is 13.3. The van der Waals surface area contributed by atoms with E-state index in [0.717, 1.165) is 28.9 Å². The molecule has 1 aliphatic rings. The van der Waals surface area contributed by atoms with Crippen LogP contribution in [-0.2, 0) is 16.0 Å². The van der Waals surface area contributed by atoms with Crippen molar-refractivity contribution >= 4 is 23.2 Å². The fourth-order valence-electron chi connectivity index (χ4n) is 3.85. The summed E-state index contributed by atoms with van der Waals surface area (Å²) in [6.45, 7) is 8.04. The molecule has 2 amide bonds. The van der Waals surface area contributed by atoms with Crippen molar-refractivity contribution in [2.75, 3.05) is 23.8 Å². The van der Waals surface area contributed by atoms with Crippen molar-refractivity contribution in [2.45, 2.75) is 46.2 Å². The number of rotatable bonds is 5. The summed E-state index contributed by atoms with van der Waals surface area (Å²) < 4.78 is 0. The molecule has 0 aromatic heterocycles. The third-order valence-corrected chi connectivity index (χ3v) is 5.60. The van der Waals surface area contributed by atoms with Crippen LogP contribution in [0, 0.1) is 13.8 Å². The third-order valence-electron chi connectivity index (χ3n) is 5.60. The highest BCUT2D eigenvalue weighted by molar-refractivity contribution is 6.00. The minimum Gasteiger partial charge on any atom is -0.324 e. The van der Waals surface area contributed by atoms with Gasteiger partial charge >= 0.3 is 0 Å². The van der Waals surface area contributed by atoms with Gasteiger partial charge in [-0.1, -0.05) is 36.4 Å². The Bertz CT molecular complexity index is 873. The molecule has 0 bridgehead atoms. The molecule has 0 radical (unpaired) electrons. The minimum absolute atomic E-state index is 0.0276. The highest BCUT2D eigenvalue weighted by atomic mass is 16.2. The fourth-order valence-corrected chi connectivity index (χ4v) is 3.85. The van der Waals surface area contributed by atoms with E-state index in [1.54, 1.807) is 4.90 Å². The standard InChI is InChI=1S/C23H29N3O2/c1-15-9-8-10-16(2)22(15)24-21(27)14-25(5)18(4)23(28)26-17(3)13-19-11-6-7-12-20(19)26/h6-12,17-18H,13-14H2,1-5H3,(H,24,27)/t17-,18-/m0/s1. The smallest absolute Gasteiger partial charge is 0.244 e. The number of para-hydroxylation sites is 2. The predicted molar refractivity (Wildman–Crippen MR) is 114 cm³/mol. The molecule has 0 unspecified atom stereocenters. The number of benzene rings is 2. The lowest BCUT2D eigenvalue weighted by molar-refractivity contribution is -0.124. The first kappa shape index (κ1) is 20.1. The van der Waals surface area contributed by atoms with E-state index in [1.807, 2.05) is 69.1 Å². The lowest BCUT2D eigenvalue weighted by atomic mass is 10.1. The molecule has 1 aliphatic heterocycles. The first-order valence-corrected chi connectivity index (χ1v) is 9.77. The van der Waals surface area contributed by atoms with Gasteiger partial charge in [0.25, 0.3) is 0 Å². The summed E-state index contributed by atoms with van der Waals surface area (Å²) in [5.74, 6) is -0.0887. The Hall–Kier alpha value is -2.66. The van der Waals surface area contributed by atoms with E-state index >= 15 is 0 Å². The second kappa shape index (κ2) is 8.15. The van der Waals surface area contributed by atoms with Crippen LogP contribution in [-0.4, -0.2) is 42.4 Å². The summed E-state index contributed by atoms with van der Waals surface area (Å²) in [5, 5.41) is 2.99. The monoisotopic (exact) mass is 379 g/mol. The summed E-state index contributed by atoms with van der Waals surface area (Å²) in [7, 11) is 1.82. The number of carbonyl (C=O) groups is 2. The first-order valence-electron chi connectivity index (χ1n) is 9.77. The molecule has 2 aromatic rings. The number of nitrogens with zero attached hydrogens (tertiary/aromatic N) is 2. The second-order valence-corrected chi connectivity index (χ2v) is 7.80. The molecule has 0 saturated heterocycles. The SMILES string of the molecule is Cc1cccc(C)c1NC(=O)CN(C)[C@@H](C)C(=O)N1c2ccccc2C[C@@H]1C. The van der Waals surface area contributed by atoms with Gasteiger partial charge in [-0.2, -0.15) is 0 Å². The molecule has 3 rings (SSSR count). The largest absolute Gasteiger partial charge is 0.324 e. The highest BCUT2D eigenvalue weighted by Gasteiger charge is 2.34. The van der Waals surface area contributed by atoms with E-state index in [0.29, 0.717) is 0 Å². The van der Waals surface area contributed by atoms with Crippen LogP contribution in [0.25, 0.3) is 0 Å². The molecule has 0 aliphatic carbocycles. The van der Waals surface area contributed by atoms with E-state index < -0.39 is 6.04 Å². The van der Waals surface area contributed by atoms with Crippen LogP contribution in [0.15, 0.2) is 42.5 Å². The lowest BCUT2D eigenvalue weighted by Gasteiger charge is -2.30. The van der Waals surface area contributed by atoms with Crippen LogP contribution in [0.4, 0.5) is 11.4 Å². The Kier molecular flexibility index (Phi) is 5.84. The zero-order chi connectivity index (χ0) is 20.4. The summed E-state index contributed by atoms with van der Waals surface area (Å²) >= 11 is 0. The number of hydrogen-bond donors (Lipinski definition) is 1. The van der Waals surface area contributed by atoms with Gasteiger partial charge in [0.1, 0.15) is 0 Å². The van der Waals surface area contributed by atoms with Gasteiger partial charge < -0.3 is 10.2 Å². The van der Waals surface area contributed by atoms with Crippen molar-refractivity contribution in [2.24, 2.45) is 0 Å². The van der Waals surface area contributed by atoms with Crippen molar-refractivity contribution in [1.82, 2.24) is 4.90 Å². The normalized spacial score (nSPS) is 16.8. The van der Waals surface area contributed by atoms with Gasteiger partial charge in [0, 0.05) is 17.4 Å². The molecule has 1 N–H and O–H groups in total. The Morgan fingerprint density at radius 1 is 1.14 bits per heavy atom. The fraction of sp³-hybridized carbons (Fsp3) is 0.391. The van der Waals surface area contributed by atoms with Gasteiger partial charge in [0.05, 0.1) is 12.6 Å². The van der Waals surface area contributed by atoms with Crippen molar-refractivity contribution in [1.29, 1.82) is 0 Å². The van der Waals surface area contributed by atoms with Crippen LogP contribution < -0.4 is 10.2 Å². The third kappa shape index (κ3) is 3.94. The topological polar surface area (TPSA) is 52.7 Å². The molecule has 1 heterocycles. The molecule has 148 valence electrons. The summed E-state index contributed by atoms with van der Waals surface area (Å²) in [4.78, 5) is 29.4. The molecule has 0 fully saturated rings. The summed E-state index contributed by atoms with van der Waals surface area (Å²) in [6, 6.07) is 13.7. The van der Waals surface area contributed by atoms with Gasteiger partial charge in [0.2, 0.25) is 11.8 Å². The molecule has 2 aromatic carbocycles. The molecule has 28 heavy (non-hydrogen) atoms. The number of aryl methyl sites for hydroxylation is 2. The number of likely N-dealkylation sites (N-methyl/N-ethyl adjacent to an activating group) is 1. The maximum absolute atomic E-state index is 13.2. The number of nitrogens with one attached hydrogen (secondary N) is 1. The summed E-state index contributed by atoms with van der Waals surface area (Å²) in [5.41, 5.74) is 5.10. The molecule has 0 saturated carbocycles. The van der Waals surface area contributed by atoms with Crippen LogP contribution in [0.1, 0.15) is 30.5 Å². The van der Waals surface area contributed by atoms with Gasteiger partial charge in [-0.3, -0.25) is 14.5 Å². The Morgan fingerprint density at radius 3 is 2.46 bits per heavy atom. The lowest BCUT2D eigenvalue weighted by Crippen LogP contribution is -2.49. The van der Waals surface area contributed by atoms with Crippen LogP contribution in [0.3, 0.4) is 0 Å². The van der Waals surface area contributed by atoms with E-state index in [-0.39, 0.29) is 24.4 Å². The highest BCUT2D eigenvalue weighted by Crippen LogP contribution is 2.32. The van der Waals surface area contributed by atoms with Gasteiger partial charge in [0.15, 0.2) is 0 Å². The quantitative estimate of drug-likeness (QED) is 0.865.